The molecule has 31 heavy (non-hydrogen) atoms. The van der Waals surface area contributed by atoms with Crippen LogP contribution < -0.4 is 5.32 Å². The van der Waals surface area contributed by atoms with Crippen LogP contribution in [0, 0.1) is 5.82 Å². The molecule has 4 heteroatoms. The van der Waals surface area contributed by atoms with Crippen LogP contribution in [-0.4, -0.2) is 16.5 Å². The van der Waals surface area contributed by atoms with Crippen LogP contribution in [-0.2, 0) is 11.3 Å². The molecule has 1 amide bonds. The zero-order valence-electron chi connectivity index (χ0n) is 17.3. The van der Waals surface area contributed by atoms with E-state index >= 15 is 0 Å². The zero-order valence-corrected chi connectivity index (χ0v) is 17.3. The van der Waals surface area contributed by atoms with Crippen LogP contribution in [0.15, 0.2) is 85.1 Å². The van der Waals surface area contributed by atoms with Gasteiger partial charge in [-0.2, -0.15) is 0 Å². The van der Waals surface area contributed by atoms with E-state index in [1.165, 1.54) is 17.7 Å². The lowest BCUT2D eigenvalue weighted by atomic mass is 9.88. The fourth-order valence-electron chi connectivity index (χ4n) is 4.27. The first kappa shape index (κ1) is 19.6. The third-order valence-electron chi connectivity index (χ3n) is 5.99. The van der Waals surface area contributed by atoms with E-state index in [-0.39, 0.29) is 17.6 Å². The molecule has 3 aromatic carbocycles. The quantitative estimate of drug-likeness (QED) is 0.419. The Morgan fingerprint density at radius 1 is 0.968 bits per heavy atom. The number of fused-ring (bicyclic) bond motifs is 1. The Hall–Kier alpha value is -3.40. The minimum atomic E-state index is -0.267. The lowest BCUT2D eigenvalue weighted by molar-refractivity contribution is -0.121. The van der Waals surface area contributed by atoms with E-state index in [1.54, 1.807) is 12.1 Å². The number of aromatic nitrogens is 1. The number of nitrogens with zero attached hydrogens (tertiary/aromatic N) is 1. The average molecular weight is 413 g/mol. The van der Waals surface area contributed by atoms with E-state index in [0.717, 1.165) is 41.4 Å². The van der Waals surface area contributed by atoms with Crippen LogP contribution in [0.3, 0.4) is 0 Å². The van der Waals surface area contributed by atoms with Crippen LogP contribution in [0.25, 0.3) is 10.9 Å². The Morgan fingerprint density at radius 3 is 2.42 bits per heavy atom. The highest BCUT2D eigenvalue weighted by atomic mass is 19.1. The summed E-state index contributed by atoms with van der Waals surface area (Å²) in [5.41, 5.74) is 4.41. The Kier molecular flexibility index (Phi) is 5.29. The van der Waals surface area contributed by atoms with Crippen LogP contribution in [0.2, 0.25) is 0 Å². The van der Waals surface area contributed by atoms with Crippen molar-refractivity contribution in [2.75, 3.05) is 0 Å². The Balaban J connectivity index is 1.56. The first-order valence-corrected chi connectivity index (χ1v) is 10.8. The maximum absolute atomic E-state index is 13.6. The Morgan fingerprint density at radius 2 is 1.68 bits per heavy atom. The highest BCUT2D eigenvalue weighted by Crippen LogP contribution is 2.35. The highest BCUT2D eigenvalue weighted by Gasteiger charge is 2.27. The van der Waals surface area contributed by atoms with Gasteiger partial charge in [0.1, 0.15) is 5.82 Å². The largest absolute Gasteiger partial charge is 0.353 e. The summed E-state index contributed by atoms with van der Waals surface area (Å²) < 4.78 is 15.9. The molecular formula is C27H25FN2O. The standard InChI is InChI=1S/C27H25FN2O/c28-21-12-10-20(11-13-21)24(16-27(31)29-22-14-15-22)25-18-30(17-19-6-2-1-3-7-19)26-9-5-4-8-23(25)26/h1-13,18,22,24H,14-17H2,(H,29,31)/t24-/m1/s1. The maximum atomic E-state index is 13.6. The van der Waals surface area contributed by atoms with Crippen molar-refractivity contribution in [2.24, 2.45) is 0 Å². The number of carbonyl (C=O) groups excluding carboxylic acids is 1. The fourth-order valence-corrected chi connectivity index (χ4v) is 4.27. The number of rotatable bonds is 7. The molecule has 0 saturated heterocycles. The molecule has 1 heterocycles. The second kappa shape index (κ2) is 8.38. The van der Waals surface area contributed by atoms with Gasteiger partial charge in [0.15, 0.2) is 0 Å². The summed E-state index contributed by atoms with van der Waals surface area (Å²) in [6.07, 6.45) is 4.63. The normalized spacial score (nSPS) is 14.5. The van der Waals surface area contributed by atoms with E-state index < -0.39 is 0 Å². The van der Waals surface area contributed by atoms with Crippen molar-refractivity contribution in [3.05, 3.63) is 108 Å². The number of para-hydroxylation sites is 1. The highest BCUT2D eigenvalue weighted by molar-refractivity contribution is 5.87. The predicted molar refractivity (Wildman–Crippen MR) is 122 cm³/mol. The Labute approximate surface area is 181 Å². The topological polar surface area (TPSA) is 34.0 Å². The van der Waals surface area contributed by atoms with E-state index in [0.29, 0.717) is 12.5 Å². The van der Waals surface area contributed by atoms with Crippen LogP contribution in [0.5, 0.6) is 0 Å². The van der Waals surface area contributed by atoms with Crippen LogP contribution >= 0.6 is 0 Å². The molecule has 156 valence electrons. The molecule has 0 radical (unpaired) electrons. The molecule has 0 bridgehead atoms. The molecule has 1 aliphatic carbocycles. The summed E-state index contributed by atoms with van der Waals surface area (Å²) in [4.78, 5) is 12.8. The molecule has 0 spiro atoms. The van der Waals surface area contributed by atoms with Crippen molar-refractivity contribution in [2.45, 2.75) is 37.8 Å². The van der Waals surface area contributed by atoms with Crippen LogP contribution in [0.4, 0.5) is 4.39 Å². The Bertz CT molecular complexity index is 1190. The minimum Gasteiger partial charge on any atom is -0.353 e. The van der Waals surface area contributed by atoms with Crippen molar-refractivity contribution in [3.8, 4) is 0 Å². The second-order valence-electron chi connectivity index (χ2n) is 8.37. The van der Waals surface area contributed by atoms with Gasteiger partial charge in [-0.25, -0.2) is 4.39 Å². The fraction of sp³-hybridized carbons (Fsp3) is 0.222. The molecule has 1 saturated carbocycles. The van der Waals surface area contributed by atoms with Gasteiger partial charge < -0.3 is 9.88 Å². The van der Waals surface area contributed by atoms with Crippen molar-refractivity contribution >= 4 is 16.8 Å². The number of hydrogen-bond donors (Lipinski definition) is 1. The molecule has 5 rings (SSSR count). The second-order valence-corrected chi connectivity index (χ2v) is 8.37. The smallest absolute Gasteiger partial charge is 0.221 e. The molecule has 1 atom stereocenters. The van der Waals surface area contributed by atoms with E-state index in [1.807, 2.05) is 30.3 Å². The number of nitrogens with one attached hydrogen (secondary N) is 1. The first-order valence-electron chi connectivity index (χ1n) is 10.8. The molecule has 3 nitrogen and oxygen atoms in total. The van der Waals surface area contributed by atoms with Gasteiger partial charge in [-0.05, 0) is 47.7 Å². The van der Waals surface area contributed by atoms with Crippen LogP contribution in [0.1, 0.15) is 41.9 Å². The third-order valence-corrected chi connectivity index (χ3v) is 5.99. The van der Waals surface area contributed by atoms with Crippen molar-refractivity contribution in [1.29, 1.82) is 0 Å². The molecule has 1 fully saturated rings. The number of halogens is 1. The zero-order chi connectivity index (χ0) is 21.2. The van der Waals surface area contributed by atoms with Gasteiger partial charge in [-0.1, -0.05) is 60.7 Å². The molecule has 1 aromatic heterocycles. The molecule has 4 aromatic rings. The first-order chi connectivity index (χ1) is 15.2. The van der Waals surface area contributed by atoms with Crippen molar-refractivity contribution < 1.29 is 9.18 Å². The van der Waals surface area contributed by atoms with Crippen molar-refractivity contribution in [1.82, 2.24) is 9.88 Å². The van der Waals surface area contributed by atoms with E-state index in [4.69, 9.17) is 0 Å². The van der Waals surface area contributed by atoms with Gasteiger partial charge in [-0.15, -0.1) is 0 Å². The number of benzene rings is 3. The van der Waals surface area contributed by atoms with Gasteiger partial charge in [0.05, 0.1) is 0 Å². The van der Waals surface area contributed by atoms with Crippen molar-refractivity contribution in [3.63, 3.8) is 0 Å². The van der Waals surface area contributed by atoms with E-state index in [2.05, 4.69) is 40.3 Å². The molecular weight excluding hydrogens is 387 g/mol. The summed E-state index contributed by atoms with van der Waals surface area (Å²) in [6, 6.07) is 25.5. The monoisotopic (exact) mass is 412 g/mol. The van der Waals surface area contributed by atoms with E-state index in [9.17, 15) is 9.18 Å². The van der Waals surface area contributed by atoms with Gasteiger partial charge >= 0.3 is 0 Å². The molecule has 1 N–H and O–H groups in total. The van der Waals surface area contributed by atoms with Gasteiger partial charge in [0, 0.05) is 42.0 Å². The lowest BCUT2D eigenvalue weighted by Crippen LogP contribution is -2.27. The van der Waals surface area contributed by atoms with Gasteiger partial charge in [0.2, 0.25) is 5.91 Å². The number of hydrogen-bond acceptors (Lipinski definition) is 1. The molecule has 0 unspecified atom stereocenters. The molecule has 0 aliphatic heterocycles. The number of amides is 1. The summed E-state index contributed by atoms with van der Waals surface area (Å²) in [5.74, 6) is -0.352. The summed E-state index contributed by atoms with van der Waals surface area (Å²) in [5, 5.41) is 4.24. The van der Waals surface area contributed by atoms with Gasteiger partial charge in [0.25, 0.3) is 0 Å². The average Bonchev–Trinajstić information content (AvgIpc) is 3.53. The summed E-state index contributed by atoms with van der Waals surface area (Å²) in [6.45, 7) is 0.756. The lowest BCUT2D eigenvalue weighted by Gasteiger charge is -2.17. The maximum Gasteiger partial charge on any atom is 0.221 e. The summed E-state index contributed by atoms with van der Waals surface area (Å²) in [7, 11) is 0. The molecule has 1 aliphatic rings. The minimum absolute atomic E-state index is 0.0525. The summed E-state index contributed by atoms with van der Waals surface area (Å²) >= 11 is 0. The number of carbonyl (C=O) groups is 1. The SMILES string of the molecule is O=C(C[C@H](c1ccc(F)cc1)c1cn(Cc2ccccc2)c2ccccc12)NC1CC1. The van der Waals surface area contributed by atoms with Gasteiger partial charge in [-0.3, -0.25) is 4.79 Å². The third kappa shape index (κ3) is 4.38. The predicted octanol–water partition coefficient (Wildman–Crippen LogP) is 5.63.